The predicted octanol–water partition coefficient (Wildman–Crippen LogP) is 4.77. The van der Waals surface area contributed by atoms with Crippen LogP contribution in [0, 0.1) is 10.1 Å². The number of hydrogen-bond acceptors (Lipinski definition) is 10. The summed E-state index contributed by atoms with van der Waals surface area (Å²) in [4.78, 5) is 36.4. The second-order valence-corrected chi connectivity index (χ2v) is 10.3. The Hall–Kier alpha value is -3.35. The fourth-order valence-electron chi connectivity index (χ4n) is 4.33. The van der Waals surface area contributed by atoms with E-state index < -0.39 is 4.92 Å². The Bertz CT molecular complexity index is 1280. The van der Waals surface area contributed by atoms with Crippen LogP contribution in [0.15, 0.2) is 47.2 Å². The van der Waals surface area contributed by atoms with Gasteiger partial charge >= 0.3 is 11.7 Å². The van der Waals surface area contributed by atoms with Gasteiger partial charge in [-0.1, -0.05) is 35.3 Å². The summed E-state index contributed by atoms with van der Waals surface area (Å²) in [5, 5.41) is 15.6. The third-order valence-electron chi connectivity index (χ3n) is 6.45. The largest absolute Gasteiger partial charge is 0.487 e. The summed E-state index contributed by atoms with van der Waals surface area (Å²) in [6, 6.07) is 10.6. The molecule has 2 heterocycles. The highest BCUT2D eigenvalue weighted by Gasteiger charge is 2.21. The number of benzene rings is 2. The third-order valence-corrected chi connectivity index (χ3v) is 6.95. The van der Waals surface area contributed by atoms with Crippen LogP contribution in [0.25, 0.3) is 10.9 Å². The Morgan fingerprint density at radius 2 is 1.90 bits per heavy atom. The van der Waals surface area contributed by atoms with Gasteiger partial charge in [-0.2, -0.15) is 0 Å². The molecule has 208 valence electrons. The van der Waals surface area contributed by atoms with E-state index in [1.165, 1.54) is 12.4 Å². The number of piperazine rings is 1. The molecule has 0 aliphatic carbocycles. The Balaban J connectivity index is 1.30. The maximum absolute atomic E-state index is 11.9. The highest BCUT2D eigenvalue weighted by Crippen LogP contribution is 2.35. The molecule has 0 amide bonds. The van der Waals surface area contributed by atoms with E-state index in [-0.39, 0.29) is 17.4 Å². The molecule has 1 N–H and O–H groups in total. The Morgan fingerprint density at radius 3 is 2.64 bits per heavy atom. The first kappa shape index (κ1) is 28.7. The summed E-state index contributed by atoms with van der Waals surface area (Å²) in [7, 11) is 0. The SMILES string of the molecule is CCCCOC(=O)CN1CCN(CCCOc2cc3ncnc(Nc4cccc(Br)c4)c3cc2[N+](=O)[O-])CC1. The molecule has 0 spiro atoms. The quantitative estimate of drug-likeness (QED) is 0.127. The lowest BCUT2D eigenvalue weighted by molar-refractivity contribution is -0.385. The molecule has 0 atom stereocenters. The molecule has 0 radical (unpaired) electrons. The van der Waals surface area contributed by atoms with Crippen molar-refractivity contribution in [3.63, 3.8) is 0 Å². The average Bonchev–Trinajstić information content (AvgIpc) is 2.92. The number of carbonyl (C=O) groups is 1. The van der Waals surface area contributed by atoms with Crippen LogP contribution in [0.3, 0.4) is 0 Å². The van der Waals surface area contributed by atoms with E-state index in [2.05, 4.69) is 47.9 Å². The first-order chi connectivity index (χ1) is 18.9. The number of hydrogen-bond donors (Lipinski definition) is 1. The van der Waals surface area contributed by atoms with Crippen LogP contribution in [0.1, 0.15) is 26.2 Å². The molecule has 39 heavy (non-hydrogen) atoms. The molecule has 1 aliphatic heterocycles. The normalized spacial score (nSPS) is 14.3. The van der Waals surface area contributed by atoms with Gasteiger partial charge in [0.2, 0.25) is 0 Å². The van der Waals surface area contributed by atoms with Crippen molar-refractivity contribution in [1.82, 2.24) is 19.8 Å². The number of nitrogens with zero attached hydrogens (tertiary/aromatic N) is 5. The van der Waals surface area contributed by atoms with Crippen molar-refractivity contribution in [2.75, 3.05) is 57.8 Å². The van der Waals surface area contributed by atoms with Crippen molar-refractivity contribution >= 4 is 50.0 Å². The standard InChI is InChI=1S/C27H33BrN6O5/c1-2-3-13-39-26(35)18-33-11-9-32(10-12-33)8-5-14-38-25-17-23-22(16-24(25)34(36)37)27(30-19-29-23)31-21-7-4-6-20(28)15-21/h4,6-7,15-17,19H,2-3,5,8-14,18H2,1H3,(H,29,30,31). The molecule has 3 aromatic rings. The monoisotopic (exact) mass is 600 g/mol. The third kappa shape index (κ3) is 8.32. The number of anilines is 2. The smallest absolute Gasteiger partial charge is 0.320 e. The number of rotatable bonds is 13. The van der Waals surface area contributed by atoms with Crippen molar-refractivity contribution in [2.45, 2.75) is 26.2 Å². The fraction of sp³-hybridized carbons (Fsp3) is 0.444. The lowest BCUT2D eigenvalue weighted by Crippen LogP contribution is -2.48. The summed E-state index contributed by atoms with van der Waals surface area (Å²) in [5.74, 6) is 0.496. The van der Waals surface area contributed by atoms with E-state index >= 15 is 0 Å². The van der Waals surface area contributed by atoms with Crippen LogP contribution in [0.5, 0.6) is 5.75 Å². The van der Waals surface area contributed by atoms with E-state index in [9.17, 15) is 14.9 Å². The second-order valence-electron chi connectivity index (χ2n) is 9.35. The minimum Gasteiger partial charge on any atom is -0.487 e. The van der Waals surface area contributed by atoms with Crippen molar-refractivity contribution in [3.05, 3.63) is 57.3 Å². The van der Waals surface area contributed by atoms with Crippen LogP contribution in [-0.2, 0) is 9.53 Å². The minimum absolute atomic E-state index is 0.131. The summed E-state index contributed by atoms with van der Waals surface area (Å²) in [5.41, 5.74) is 1.21. The Morgan fingerprint density at radius 1 is 1.10 bits per heavy atom. The fourth-order valence-corrected chi connectivity index (χ4v) is 4.73. The molecule has 1 saturated heterocycles. The van der Waals surface area contributed by atoms with Gasteiger partial charge in [0.25, 0.3) is 0 Å². The van der Waals surface area contributed by atoms with Crippen LogP contribution < -0.4 is 10.1 Å². The molecule has 0 saturated carbocycles. The van der Waals surface area contributed by atoms with Gasteiger partial charge in [-0.25, -0.2) is 9.97 Å². The van der Waals surface area contributed by atoms with Gasteiger partial charge < -0.3 is 19.7 Å². The van der Waals surface area contributed by atoms with E-state index in [1.807, 2.05) is 24.3 Å². The molecule has 2 aromatic carbocycles. The molecular formula is C27H33BrN6O5. The number of aromatic nitrogens is 2. The van der Waals surface area contributed by atoms with E-state index in [1.54, 1.807) is 6.07 Å². The van der Waals surface area contributed by atoms with Gasteiger partial charge in [0.05, 0.1) is 35.6 Å². The van der Waals surface area contributed by atoms with Gasteiger partial charge in [-0.3, -0.25) is 19.8 Å². The maximum Gasteiger partial charge on any atom is 0.320 e. The molecule has 12 heteroatoms. The number of fused-ring (bicyclic) bond motifs is 1. The first-order valence-electron chi connectivity index (χ1n) is 13.1. The number of esters is 1. The number of carbonyl (C=O) groups excluding carboxylic acids is 1. The van der Waals surface area contributed by atoms with Crippen molar-refractivity contribution in [3.8, 4) is 5.75 Å². The van der Waals surface area contributed by atoms with Crippen LogP contribution in [0.2, 0.25) is 0 Å². The second kappa shape index (κ2) is 14.2. The van der Waals surface area contributed by atoms with Crippen molar-refractivity contribution in [2.24, 2.45) is 0 Å². The molecule has 1 aromatic heterocycles. The van der Waals surface area contributed by atoms with Gasteiger partial charge in [-0.05, 0) is 31.0 Å². The number of halogens is 1. The number of unbranched alkanes of at least 4 members (excludes halogenated alkanes) is 1. The Labute approximate surface area is 235 Å². The van der Waals surface area contributed by atoms with Gasteiger partial charge in [0, 0.05) is 55.0 Å². The van der Waals surface area contributed by atoms with Crippen LogP contribution in [0.4, 0.5) is 17.2 Å². The molecular weight excluding hydrogens is 568 g/mol. The van der Waals surface area contributed by atoms with Crippen molar-refractivity contribution < 1.29 is 19.2 Å². The maximum atomic E-state index is 11.9. The predicted molar refractivity (Wildman–Crippen MR) is 152 cm³/mol. The average molecular weight is 602 g/mol. The summed E-state index contributed by atoms with van der Waals surface area (Å²) in [6.45, 7) is 7.33. The number of ether oxygens (including phenoxy) is 2. The number of nitro benzene ring substituents is 1. The Kier molecular flexibility index (Phi) is 10.4. The number of nitrogens with one attached hydrogen (secondary N) is 1. The zero-order valence-electron chi connectivity index (χ0n) is 22.0. The van der Waals surface area contributed by atoms with Gasteiger partial charge in [0.1, 0.15) is 12.1 Å². The molecule has 4 rings (SSSR count). The zero-order valence-corrected chi connectivity index (χ0v) is 23.6. The summed E-state index contributed by atoms with van der Waals surface area (Å²) < 4.78 is 12.0. The first-order valence-corrected chi connectivity index (χ1v) is 13.9. The highest BCUT2D eigenvalue weighted by molar-refractivity contribution is 9.10. The number of nitro groups is 1. The van der Waals surface area contributed by atoms with E-state index in [4.69, 9.17) is 9.47 Å². The summed E-state index contributed by atoms with van der Waals surface area (Å²) >= 11 is 3.44. The van der Waals surface area contributed by atoms with Crippen LogP contribution >= 0.6 is 15.9 Å². The summed E-state index contributed by atoms with van der Waals surface area (Å²) in [6.07, 6.45) is 4.03. The topological polar surface area (TPSA) is 123 Å². The molecule has 0 bridgehead atoms. The molecule has 1 fully saturated rings. The van der Waals surface area contributed by atoms with Crippen LogP contribution in [-0.4, -0.2) is 83.1 Å². The van der Waals surface area contributed by atoms with Gasteiger partial charge in [0.15, 0.2) is 5.75 Å². The molecule has 0 unspecified atom stereocenters. The van der Waals surface area contributed by atoms with E-state index in [0.29, 0.717) is 42.9 Å². The minimum atomic E-state index is -0.447. The van der Waals surface area contributed by atoms with E-state index in [0.717, 1.165) is 55.7 Å². The van der Waals surface area contributed by atoms with Gasteiger partial charge in [-0.15, -0.1) is 0 Å². The zero-order chi connectivity index (χ0) is 27.6. The lowest BCUT2D eigenvalue weighted by atomic mass is 10.2. The van der Waals surface area contributed by atoms with Crippen molar-refractivity contribution in [1.29, 1.82) is 0 Å². The molecule has 1 aliphatic rings. The lowest BCUT2D eigenvalue weighted by Gasteiger charge is -2.34. The molecule has 11 nitrogen and oxygen atoms in total. The highest BCUT2D eigenvalue weighted by atomic mass is 79.9.